The van der Waals surface area contributed by atoms with Crippen LogP contribution in [0.3, 0.4) is 0 Å². The van der Waals surface area contributed by atoms with E-state index in [1.54, 1.807) is 0 Å². The van der Waals surface area contributed by atoms with Crippen LogP contribution in [0.4, 0.5) is 0 Å². The molecule has 0 spiro atoms. The summed E-state index contributed by atoms with van der Waals surface area (Å²) < 4.78 is 0. The van der Waals surface area contributed by atoms with Gasteiger partial charge in [-0.05, 0) is 38.1 Å². The summed E-state index contributed by atoms with van der Waals surface area (Å²) in [5.74, 6) is 2.09. The third kappa shape index (κ3) is 2.12. The Balaban J connectivity index is 1.78. The molecule has 1 heterocycles. The molecule has 0 amide bonds. The standard InChI is InChI=1S/C12H24N2/c1-3-12(13-2)9-14-7-10-5-4-6-11(10)8-14/h10-13H,3-9H2,1-2H3. The van der Waals surface area contributed by atoms with E-state index >= 15 is 0 Å². The Kier molecular flexibility index (Phi) is 3.45. The fourth-order valence-corrected chi connectivity index (χ4v) is 3.22. The number of likely N-dealkylation sites (N-methyl/N-ethyl adjacent to an activating group) is 1. The zero-order chi connectivity index (χ0) is 9.97. The number of likely N-dealkylation sites (tertiary alicyclic amines) is 1. The van der Waals surface area contributed by atoms with Crippen molar-refractivity contribution < 1.29 is 0 Å². The molecule has 0 aromatic heterocycles. The molecule has 1 N–H and O–H groups in total. The molecule has 14 heavy (non-hydrogen) atoms. The van der Waals surface area contributed by atoms with Gasteiger partial charge in [-0.15, -0.1) is 0 Å². The normalized spacial score (nSPS) is 34.7. The molecular formula is C12H24N2. The summed E-state index contributed by atoms with van der Waals surface area (Å²) in [5.41, 5.74) is 0. The maximum absolute atomic E-state index is 3.40. The fraction of sp³-hybridized carbons (Fsp3) is 1.00. The van der Waals surface area contributed by atoms with Crippen LogP contribution in [0.25, 0.3) is 0 Å². The highest BCUT2D eigenvalue weighted by molar-refractivity contribution is 4.89. The van der Waals surface area contributed by atoms with Crippen molar-refractivity contribution >= 4 is 0 Å². The number of hydrogen-bond acceptors (Lipinski definition) is 2. The van der Waals surface area contributed by atoms with Crippen molar-refractivity contribution in [3.8, 4) is 0 Å². The van der Waals surface area contributed by atoms with Crippen molar-refractivity contribution in [3.63, 3.8) is 0 Å². The molecule has 3 atom stereocenters. The van der Waals surface area contributed by atoms with E-state index < -0.39 is 0 Å². The monoisotopic (exact) mass is 196 g/mol. The SMILES string of the molecule is CCC(CN1CC2CCCC2C1)NC. The molecule has 0 aromatic rings. The number of fused-ring (bicyclic) bond motifs is 1. The molecule has 2 aliphatic rings. The quantitative estimate of drug-likeness (QED) is 0.736. The highest BCUT2D eigenvalue weighted by Gasteiger charge is 2.36. The fourth-order valence-electron chi connectivity index (χ4n) is 3.22. The Morgan fingerprint density at radius 1 is 1.29 bits per heavy atom. The average molecular weight is 196 g/mol. The zero-order valence-electron chi connectivity index (χ0n) is 9.63. The Bertz CT molecular complexity index is 165. The third-order valence-electron chi connectivity index (χ3n) is 4.18. The highest BCUT2D eigenvalue weighted by atomic mass is 15.2. The third-order valence-corrected chi connectivity index (χ3v) is 4.18. The lowest BCUT2D eigenvalue weighted by atomic mass is 10.0. The summed E-state index contributed by atoms with van der Waals surface area (Å²) in [6.07, 6.45) is 5.74. The van der Waals surface area contributed by atoms with Crippen molar-refractivity contribution in [2.24, 2.45) is 11.8 Å². The molecule has 2 nitrogen and oxygen atoms in total. The summed E-state index contributed by atoms with van der Waals surface area (Å²) in [7, 11) is 2.09. The van der Waals surface area contributed by atoms with E-state index in [0.717, 1.165) is 11.8 Å². The Morgan fingerprint density at radius 3 is 2.43 bits per heavy atom. The smallest absolute Gasteiger partial charge is 0.0189 e. The molecule has 1 saturated heterocycles. The summed E-state index contributed by atoms with van der Waals surface area (Å²) >= 11 is 0. The molecule has 1 aliphatic carbocycles. The van der Waals surface area contributed by atoms with E-state index in [0.29, 0.717) is 6.04 Å². The minimum absolute atomic E-state index is 0.703. The minimum atomic E-state index is 0.703. The maximum Gasteiger partial charge on any atom is 0.0189 e. The van der Waals surface area contributed by atoms with E-state index in [1.165, 1.54) is 45.3 Å². The van der Waals surface area contributed by atoms with Crippen molar-refractivity contribution in [3.05, 3.63) is 0 Å². The first-order chi connectivity index (χ1) is 6.83. The summed E-state index contributed by atoms with van der Waals surface area (Å²) in [6.45, 7) is 6.30. The second-order valence-electron chi connectivity index (χ2n) is 5.06. The van der Waals surface area contributed by atoms with Crippen molar-refractivity contribution in [2.75, 3.05) is 26.7 Å². The number of rotatable bonds is 4. The summed E-state index contributed by atoms with van der Waals surface area (Å²) in [6, 6.07) is 0.703. The van der Waals surface area contributed by atoms with E-state index in [1.807, 2.05) is 0 Å². The Morgan fingerprint density at radius 2 is 1.93 bits per heavy atom. The summed E-state index contributed by atoms with van der Waals surface area (Å²) in [5, 5.41) is 3.40. The molecular weight excluding hydrogens is 172 g/mol. The molecule has 2 fully saturated rings. The van der Waals surface area contributed by atoms with Crippen molar-refractivity contribution in [2.45, 2.75) is 38.6 Å². The van der Waals surface area contributed by atoms with Crippen LogP contribution in [-0.4, -0.2) is 37.6 Å². The molecule has 2 heteroatoms. The van der Waals surface area contributed by atoms with Crippen LogP contribution in [0.5, 0.6) is 0 Å². The number of nitrogens with zero attached hydrogens (tertiary/aromatic N) is 1. The second kappa shape index (κ2) is 4.63. The van der Waals surface area contributed by atoms with Crippen molar-refractivity contribution in [1.29, 1.82) is 0 Å². The highest BCUT2D eigenvalue weighted by Crippen LogP contribution is 2.37. The van der Waals surface area contributed by atoms with Gasteiger partial charge in [0.15, 0.2) is 0 Å². The Hall–Kier alpha value is -0.0800. The topological polar surface area (TPSA) is 15.3 Å². The van der Waals surface area contributed by atoms with Gasteiger partial charge >= 0.3 is 0 Å². The zero-order valence-corrected chi connectivity index (χ0v) is 9.63. The van der Waals surface area contributed by atoms with E-state index in [4.69, 9.17) is 0 Å². The van der Waals surface area contributed by atoms with Gasteiger partial charge in [-0.2, -0.15) is 0 Å². The van der Waals surface area contributed by atoms with Gasteiger partial charge in [0.2, 0.25) is 0 Å². The van der Waals surface area contributed by atoms with Gasteiger partial charge in [0.25, 0.3) is 0 Å². The van der Waals surface area contributed by atoms with Crippen LogP contribution in [-0.2, 0) is 0 Å². The van der Waals surface area contributed by atoms with E-state index in [-0.39, 0.29) is 0 Å². The number of hydrogen-bond donors (Lipinski definition) is 1. The molecule has 1 saturated carbocycles. The van der Waals surface area contributed by atoms with Crippen LogP contribution < -0.4 is 5.32 Å². The van der Waals surface area contributed by atoms with Gasteiger partial charge in [0.1, 0.15) is 0 Å². The average Bonchev–Trinajstić information content (AvgIpc) is 2.73. The molecule has 0 radical (unpaired) electrons. The lowest BCUT2D eigenvalue weighted by Gasteiger charge is -2.22. The second-order valence-corrected chi connectivity index (χ2v) is 5.06. The van der Waals surface area contributed by atoms with Gasteiger partial charge in [-0.1, -0.05) is 13.3 Å². The largest absolute Gasteiger partial charge is 0.316 e. The first kappa shape index (κ1) is 10.4. The minimum Gasteiger partial charge on any atom is -0.316 e. The van der Waals surface area contributed by atoms with Crippen LogP contribution in [0.2, 0.25) is 0 Å². The van der Waals surface area contributed by atoms with E-state index in [9.17, 15) is 0 Å². The molecule has 3 unspecified atom stereocenters. The van der Waals surface area contributed by atoms with Gasteiger partial charge < -0.3 is 10.2 Å². The number of nitrogens with one attached hydrogen (secondary N) is 1. The summed E-state index contributed by atoms with van der Waals surface area (Å²) in [4.78, 5) is 2.68. The van der Waals surface area contributed by atoms with Crippen LogP contribution in [0.15, 0.2) is 0 Å². The maximum atomic E-state index is 3.40. The van der Waals surface area contributed by atoms with Gasteiger partial charge in [-0.3, -0.25) is 0 Å². The lowest BCUT2D eigenvalue weighted by Crippen LogP contribution is -2.38. The van der Waals surface area contributed by atoms with Crippen LogP contribution in [0.1, 0.15) is 32.6 Å². The predicted molar refractivity (Wildman–Crippen MR) is 60.4 cm³/mol. The van der Waals surface area contributed by atoms with Crippen LogP contribution >= 0.6 is 0 Å². The van der Waals surface area contributed by atoms with E-state index in [2.05, 4.69) is 24.2 Å². The molecule has 2 rings (SSSR count). The molecule has 0 bridgehead atoms. The van der Waals surface area contributed by atoms with Crippen LogP contribution in [0, 0.1) is 11.8 Å². The predicted octanol–water partition coefficient (Wildman–Crippen LogP) is 1.72. The molecule has 1 aliphatic heterocycles. The Labute approximate surface area is 88.1 Å². The van der Waals surface area contributed by atoms with Gasteiger partial charge in [0.05, 0.1) is 0 Å². The molecule has 0 aromatic carbocycles. The van der Waals surface area contributed by atoms with Crippen molar-refractivity contribution in [1.82, 2.24) is 10.2 Å². The first-order valence-electron chi connectivity index (χ1n) is 6.23. The first-order valence-corrected chi connectivity index (χ1v) is 6.23. The van der Waals surface area contributed by atoms with Gasteiger partial charge in [-0.25, -0.2) is 0 Å². The van der Waals surface area contributed by atoms with Gasteiger partial charge in [0, 0.05) is 25.7 Å². The molecule has 82 valence electrons. The lowest BCUT2D eigenvalue weighted by molar-refractivity contribution is 0.273.